The van der Waals surface area contributed by atoms with Gasteiger partial charge >= 0.3 is 0 Å². The van der Waals surface area contributed by atoms with Crippen LogP contribution >= 0.6 is 0 Å². The number of rotatable bonds is 2. The predicted molar refractivity (Wildman–Crippen MR) is 55.5 cm³/mol. The number of aromatic nitrogens is 3. The molecule has 0 amide bonds. The number of halogens is 1. The lowest BCUT2D eigenvalue weighted by atomic mass is 10.1. The molecule has 2 aromatic rings. The molecule has 0 aliphatic carbocycles. The van der Waals surface area contributed by atoms with Gasteiger partial charge in [-0.1, -0.05) is 0 Å². The van der Waals surface area contributed by atoms with Crippen molar-refractivity contribution >= 4 is 5.69 Å². The van der Waals surface area contributed by atoms with Gasteiger partial charge in [0.2, 0.25) is 0 Å². The van der Waals surface area contributed by atoms with Crippen LogP contribution in [0, 0.1) is 5.82 Å². The van der Waals surface area contributed by atoms with Crippen molar-refractivity contribution in [3.8, 4) is 11.4 Å². The Labute approximate surface area is 86.6 Å². The first-order valence-electron chi connectivity index (χ1n) is 4.65. The molecule has 0 aliphatic rings. The molecule has 0 fully saturated rings. The van der Waals surface area contributed by atoms with E-state index in [0.717, 1.165) is 0 Å². The fraction of sp³-hybridized carbons (Fsp3) is 0.200. The number of benzene rings is 1. The van der Waals surface area contributed by atoms with E-state index in [-0.39, 0.29) is 5.82 Å². The smallest absolute Gasteiger partial charge is 0.160 e. The second kappa shape index (κ2) is 3.68. The predicted octanol–water partition coefficient (Wildman–Crippen LogP) is 1.69. The van der Waals surface area contributed by atoms with Gasteiger partial charge in [0.25, 0.3) is 0 Å². The van der Waals surface area contributed by atoms with Crippen LogP contribution in [0.3, 0.4) is 0 Å². The average Bonchev–Trinajstić information content (AvgIpc) is 2.69. The summed E-state index contributed by atoms with van der Waals surface area (Å²) in [6.07, 6.45) is 1.43. The van der Waals surface area contributed by atoms with Crippen LogP contribution in [0.2, 0.25) is 0 Å². The highest BCUT2D eigenvalue weighted by Crippen LogP contribution is 2.24. The maximum absolute atomic E-state index is 13.1. The third kappa shape index (κ3) is 1.68. The second-order valence-corrected chi connectivity index (χ2v) is 3.13. The molecule has 0 atom stereocenters. The molecule has 0 aliphatic heterocycles. The minimum atomic E-state index is -0.329. The molecule has 5 heteroatoms. The van der Waals surface area contributed by atoms with Crippen molar-refractivity contribution in [2.75, 3.05) is 5.73 Å². The third-order valence-corrected chi connectivity index (χ3v) is 2.17. The number of hydrogen-bond acceptors (Lipinski definition) is 3. The van der Waals surface area contributed by atoms with Gasteiger partial charge in [0.15, 0.2) is 5.82 Å². The minimum Gasteiger partial charge on any atom is -0.398 e. The van der Waals surface area contributed by atoms with E-state index in [9.17, 15) is 4.39 Å². The number of anilines is 1. The van der Waals surface area contributed by atoms with E-state index in [1.54, 1.807) is 4.68 Å². The van der Waals surface area contributed by atoms with Gasteiger partial charge in [0.1, 0.15) is 12.1 Å². The molecule has 15 heavy (non-hydrogen) atoms. The largest absolute Gasteiger partial charge is 0.398 e. The van der Waals surface area contributed by atoms with E-state index >= 15 is 0 Å². The van der Waals surface area contributed by atoms with E-state index in [1.165, 1.54) is 24.5 Å². The Morgan fingerprint density at radius 1 is 1.47 bits per heavy atom. The van der Waals surface area contributed by atoms with Crippen molar-refractivity contribution in [3.63, 3.8) is 0 Å². The Kier molecular flexibility index (Phi) is 2.37. The van der Waals surface area contributed by atoms with Gasteiger partial charge in [-0.3, -0.25) is 0 Å². The van der Waals surface area contributed by atoms with Gasteiger partial charge in [0.05, 0.1) is 0 Å². The fourth-order valence-corrected chi connectivity index (χ4v) is 1.43. The Morgan fingerprint density at radius 3 is 3.00 bits per heavy atom. The quantitative estimate of drug-likeness (QED) is 0.760. The number of aryl methyl sites for hydroxylation is 1. The molecule has 2 N–H and O–H groups in total. The van der Waals surface area contributed by atoms with E-state index in [2.05, 4.69) is 10.1 Å². The Balaban J connectivity index is 2.58. The molecule has 0 spiro atoms. The summed E-state index contributed by atoms with van der Waals surface area (Å²) in [6, 6.07) is 4.22. The van der Waals surface area contributed by atoms with Crippen molar-refractivity contribution in [3.05, 3.63) is 30.3 Å². The summed E-state index contributed by atoms with van der Waals surface area (Å²) in [7, 11) is 0. The molecule has 1 aromatic heterocycles. The van der Waals surface area contributed by atoms with Gasteiger partial charge in [0, 0.05) is 17.8 Å². The van der Waals surface area contributed by atoms with Crippen LogP contribution in [-0.4, -0.2) is 14.8 Å². The molecule has 4 nitrogen and oxygen atoms in total. The standard InChI is InChI=1S/C10H11FN4/c1-2-15-10(13-6-14-15)8-5-7(11)3-4-9(8)12/h3-6H,2,12H2,1H3. The summed E-state index contributed by atoms with van der Waals surface area (Å²) in [5.74, 6) is 0.263. The zero-order chi connectivity index (χ0) is 10.8. The summed E-state index contributed by atoms with van der Waals surface area (Å²) in [6.45, 7) is 2.61. The van der Waals surface area contributed by atoms with Crippen LogP contribution in [0.5, 0.6) is 0 Å². The van der Waals surface area contributed by atoms with Gasteiger partial charge < -0.3 is 5.73 Å². The number of nitrogens with zero attached hydrogens (tertiary/aromatic N) is 3. The van der Waals surface area contributed by atoms with Crippen LogP contribution in [0.25, 0.3) is 11.4 Å². The molecule has 1 aromatic carbocycles. The lowest BCUT2D eigenvalue weighted by molar-refractivity contribution is 0.627. The summed E-state index contributed by atoms with van der Waals surface area (Å²) >= 11 is 0. The second-order valence-electron chi connectivity index (χ2n) is 3.13. The van der Waals surface area contributed by atoms with Crippen LogP contribution in [0.15, 0.2) is 24.5 Å². The minimum absolute atomic E-state index is 0.329. The molecule has 0 saturated carbocycles. The maximum atomic E-state index is 13.1. The molecule has 0 bridgehead atoms. The van der Waals surface area contributed by atoms with Crippen LogP contribution in [0.4, 0.5) is 10.1 Å². The van der Waals surface area contributed by atoms with Crippen molar-refractivity contribution in [2.45, 2.75) is 13.5 Å². The molecule has 78 valence electrons. The first-order valence-corrected chi connectivity index (χ1v) is 4.65. The highest BCUT2D eigenvalue weighted by molar-refractivity contribution is 5.71. The summed E-state index contributed by atoms with van der Waals surface area (Å²) < 4.78 is 14.7. The maximum Gasteiger partial charge on any atom is 0.160 e. The highest BCUT2D eigenvalue weighted by atomic mass is 19.1. The number of nitrogen functional groups attached to an aromatic ring is 1. The summed E-state index contributed by atoms with van der Waals surface area (Å²) in [5.41, 5.74) is 6.83. The summed E-state index contributed by atoms with van der Waals surface area (Å²) in [5, 5.41) is 4.01. The molecule has 0 saturated heterocycles. The Bertz CT molecular complexity index is 478. The first kappa shape index (κ1) is 9.64. The van der Waals surface area contributed by atoms with Crippen LogP contribution in [0.1, 0.15) is 6.92 Å². The van der Waals surface area contributed by atoms with Crippen molar-refractivity contribution < 1.29 is 4.39 Å². The van der Waals surface area contributed by atoms with E-state index in [4.69, 9.17) is 5.73 Å². The Hall–Kier alpha value is -1.91. The molecular formula is C10H11FN4. The lowest BCUT2D eigenvalue weighted by Crippen LogP contribution is -2.02. The molecule has 0 radical (unpaired) electrons. The first-order chi connectivity index (χ1) is 7.22. The zero-order valence-corrected chi connectivity index (χ0v) is 8.31. The number of hydrogen-bond donors (Lipinski definition) is 1. The van der Waals surface area contributed by atoms with Crippen molar-refractivity contribution in [2.24, 2.45) is 0 Å². The topological polar surface area (TPSA) is 56.7 Å². The van der Waals surface area contributed by atoms with Gasteiger partial charge in [-0.25, -0.2) is 14.1 Å². The third-order valence-electron chi connectivity index (χ3n) is 2.17. The molecule has 2 rings (SSSR count). The average molecular weight is 206 g/mol. The zero-order valence-electron chi connectivity index (χ0n) is 8.31. The molecular weight excluding hydrogens is 195 g/mol. The van der Waals surface area contributed by atoms with Gasteiger partial charge in [-0.2, -0.15) is 5.10 Å². The van der Waals surface area contributed by atoms with Crippen molar-refractivity contribution in [1.29, 1.82) is 0 Å². The van der Waals surface area contributed by atoms with Crippen LogP contribution < -0.4 is 5.73 Å². The fourth-order valence-electron chi connectivity index (χ4n) is 1.43. The Morgan fingerprint density at radius 2 is 2.27 bits per heavy atom. The van der Waals surface area contributed by atoms with Gasteiger partial charge in [-0.15, -0.1) is 0 Å². The normalized spacial score (nSPS) is 10.5. The van der Waals surface area contributed by atoms with E-state index in [1.807, 2.05) is 6.92 Å². The van der Waals surface area contributed by atoms with E-state index < -0.39 is 0 Å². The molecule has 1 heterocycles. The highest BCUT2D eigenvalue weighted by Gasteiger charge is 2.10. The van der Waals surface area contributed by atoms with Gasteiger partial charge in [-0.05, 0) is 25.1 Å². The van der Waals surface area contributed by atoms with Crippen molar-refractivity contribution in [1.82, 2.24) is 14.8 Å². The van der Waals surface area contributed by atoms with Crippen LogP contribution in [-0.2, 0) is 6.54 Å². The molecule has 0 unspecified atom stereocenters. The SMILES string of the molecule is CCn1ncnc1-c1cc(F)ccc1N. The lowest BCUT2D eigenvalue weighted by Gasteiger charge is -2.05. The van der Waals surface area contributed by atoms with E-state index in [0.29, 0.717) is 23.6 Å². The number of nitrogens with two attached hydrogens (primary N) is 1. The summed E-state index contributed by atoms with van der Waals surface area (Å²) in [4.78, 5) is 4.06. The monoisotopic (exact) mass is 206 g/mol.